The molecule has 0 bridgehead atoms. The summed E-state index contributed by atoms with van der Waals surface area (Å²) in [7, 11) is 3.75. The zero-order valence-electron chi connectivity index (χ0n) is 9.90. The highest BCUT2D eigenvalue weighted by Gasteiger charge is 2.13. The van der Waals surface area contributed by atoms with Crippen LogP contribution < -0.4 is 16.0 Å². The topological polar surface area (TPSA) is 71.2 Å². The summed E-state index contributed by atoms with van der Waals surface area (Å²) >= 11 is 0. The maximum absolute atomic E-state index is 11.6. The minimum atomic E-state index is -0.477. The SMILES string of the molecule is CC[C@@H](N)C(=O)Nc1cccnc1N(C)C. The van der Waals surface area contributed by atoms with Crippen molar-refractivity contribution in [3.05, 3.63) is 18.3 Å². The predicted octanol–water partition coefficient (Wildman–Crippen LogP) is 0.823. The second kappa shape index (κ2) is 5.46. The van der Waals surface area contributed by atoms with Gasteiger partial charge in [-0.15, -0.1) is 0 Å². The number of anilines is 2. The number of pyridine rings is 1. The van der Waals surface area contributed by atoms with Crippen LogP contribution in [0.4, 0.5) is 11.5 Å². The van der Waals surface area contributed by atoms with E-state index in [9.17, 15) is 4.79 Å². The molecular weight excluding hydrogens is 204 g/mol. The Bertz CT molecular complexity index is 365. The Hall–Kier alpha value is -1.62. The monoisotopic (exact) mass is 222 g/mol. The molecular formula is C11H18N4O. The number of nitrogens with two attached hydrogens (primary N) is 1. The van der Waals surface area contributed by atoms with Gasteiger partial charge in [0.25, 0.3) is 0 Å². The van der Waals surface area contributed by atoms with Crippen LogP contribution in [-0.4, -0.2) is 31.0 Å². The molecule has 1 amide bonds. The number of rotatable bonds is 4. The van der Waals surface area contributed by atoms with Crippen molar-refractivity contribution in [2.45, 2.75) is 19.4 Å². The van der Waals surface area contributed by atoms with Gasteiger partial charge in [-0.2, -0.15) is 0 Å². The van der Waals surface area contributed by atoms with Crippen molar-refractivity contribution in [3.8, 4) is 0 Å². The fraction of sp³-hybridized carbons (Fsp3) is 0.455. The smallest absolute Gasteiger partial charge is 0.241 e. The van der Waals surface area contributed by atoms with E-state index < -0.39 is 6.04 Å². The van der Waals surface area contributed by atoms with Gasteiger partial charge in [0.05, 0.1) is 11.7 Å². The van der Waals surface area contributed by atoms with Crippen molar-refractivity contribution in [2.24, 2.45) is 5.73 Å². The maximum atomic E-state index is 11.6. The second-order valence-electron chi connectivity index (χ2n) is 3.77. The van der Waals surface area contributed by atoms with Gasteiger partial charge in [0.2, 0.25) is 5.91 Å². The first-order valence-corrected chi connectivity index (χ1v) is 5.25. The number of carbonyl (C=O) groups excluding carboxylic acids is 1. The molecule has 1 rings (SSSR count). The molecule has 0 aliphatic heterocycles. The van der Waals surface area contributed by atoms with E-state index in [4.69, 9.17) is 5.73 Å². The van der Waals surface area contributed by atoms with Crippen LogP contribution in [0, 0.1) is 0 Å². The number of nitrogens with zero attached hydrogens (tertiary/aromatic N) is 2. The summed E-state index contributed by atoms with van der Waals surface area (Å²) in [5.74, 6) is 0.540. The van der Waals surface area contributed by atoms with Crippen molar-refractivity contribution < 1.29 is 4.79 Å². The first-order chi connectivity index (χ1) is 7.56. The quantitative estimate of drug-likeness (QED) is 0.791. The molecule has 3 N–H and O–H groups in total. The summed E-state index contributed by atoms with van der Waals surface area (Å²) in [6.45, 7) is 1.88. The van der Waals surface area contributed by atoms with Gasteiger partial charge in [-0.1, -0.05) is 6.92 Å². The number of nitrogens with one attached hydrogen (secondary N) is 1. The number of aromatic nitrogens is 1. The largest absolute Gasteiger partial charge is 0.361 e. The molecule has 1 atom stereocenters. The minimum Gasteiger partial charge on any atom is -0.361 e. The zero-order chi connectivity index (χ0) is 12.1. The average molecular weight is 222 g/mol. The lowest BCUT2D eigenvalue weighted by Gasteiger charge is -2.17. The third-order valence-electron chi connectivity index (χ3n) is 2.24. The van der Waals surface area contributed by atoms with Gasteiger partial charge in [-0.25, -0.2) is 4.98 Å². The van der Waals surface area contributed by atoms with Crippen LogP contribution in [0.3, 0.4) is 0 Å². The average Bonchev–Trinajstić information content (AvgIpc) is 2.28. The molecule has 1 aromatic rings. The summed E-state index contributed by atoms with van der Waals surface area (Å²) in [6, 6.07) is 3.11. The number of hydrogen-bond acceptors (Lipinski definition) is 4. The van der Waals surface area contributed by atoms with Crippen LogP contribution in [0.5, 0.6) is 0 Å². The Morgan fingerprint density at radius 2 is 2.31 bits per heavy atom. The van der Waals surface area contributed by atoms with E-state index in [1.165, 1.54) is 0 Å². The number of hydrogen-bond donors (Lipinski definition) is 2. The van der Waals surface area contributed by atoms with Crippen molar-refractivity contribution in [2.75, 3.05) is 24.3 Å². The lowest BCUT2D eigenvalue weighted by molar-refractivity contribution is -0.117. The Morgan fingerprint density at radius 3 is 2.88 bits per heavy atom. The third kappa shape index (κ3) is 2.93. The van der Waals surface area contributed by atoms with Crippen molar-refractivity contribution in [3.63, 3.8) is 0 Å². The first-order valence-electron chi connectivity index (χ1n) is 5.25. The van der Waals surface area contributed by atoms with E-state index in [1.807, 2.05) is 32.0 Å². The summed E-state index contributed by atoms with van der Waals surface area (Å²) in [5.41, 5.74) is 6.33. The molecule has 0 saturated carbocycles. The third-order valence-corrected chi connectivity index (χ3v) is 2.24. The summed E-state index contributed by atoms with van der Waals surface area (Å²) < 4.78 is 0. The Kier molecular flexibility index (Phi) is 4.25. The summed E-state index contributed by atoms with van der Waals surface area (Å²) in [4.78, 5) is 17.7. The van der Waals surface area contributed by atoms with E-state index in [2.05, 4.69) is 10.3 Å². The fourth-order valence-corrected chi connectivity index (χ4v) is 1.26. The Balaban J connectivity index is 2.84. The van der Waals surface area contributed by atoms with Crippen LogP contribution in [0.15, 0.2) is 18.3 Å². The van der Waals surface area contributed by atoms with Gasteiger partial charge >= 0.3 is 0 Å². The van der Waals surface area contributed by atoms with Gasteiger partial charge in [-0.05, 0) is 18.6 Å². The van der Waals surface area contributed by atoms with Crippen molar-refractivity contribution >= 4 is 17.4 Å². The van der Waals surface area contributed by atoms with Crippen LogP contribution in [-0.2, 0) is 4.79 Å². The van der Waals surface area contributed by atoms with E-state index in [1.54, 1.807) is 12.3 Å². The lowest BCUT2D eigenvalue weighted by Crippen LogP contribution is -2.35. The van der Waals surface area contributed by atoms with Gasteiger partial charge in [0.15, 0.2) is 5.82 Å². The molecule has 16 heavy (non-hydrogen) atoms. The molecule has 0 spiro atoms. The molecule has 0 aliphatic carbocycles. The fourth-order valence-electron chi connectivity index (χ4n) is 1.26. The second-order valence-corrected chi connectivity index (χ2v) is 3.77. The highest BCUT2D eigenvalue weighted by Crippen LogP contribution is 2.20. The molecule has 0 unspecified atom stereocenters. The molecule has 0 aromatic carbocycles. The lowest BCUT2D eigenvalue weighted by atomic mass is 10.2. The van der Waals surface area contributed by atoms with Crippen molar-refractivity contribution in [1.29, 1.82) is 0 Å². The van der Waals surface area contributed by atoms with Gasteiger partial charge < -0.3 is 16.0 Å². The van der Waals surface area contributed by atoms with Crippen LogP contribution >= 0.6 is 0 Å². The van der Waals surface area contributed by atoms with Crippen LogP contribution in [0.25, 0.3) is 0 Å². The molecule has 0 radical (unpaired) electrons. The van der Waals surface area contributed by atoms with E-state index in [0.29, 0.717) is 12.1 Å². The molecule has 5 heteroatoms. The molecule has 88 valence electrons. The predicted molar refractivity (Wildman–Crippen MR) is 65.5 cm³/mol. The standard InChI is InChI=1S/C11H18N4O/c1-4-8(12)11(16)14-9-6-5-7-13-10(9)15(2)3/h5-8H,4,12H2,1-3H3,(H,14,16)/t8-/m1/s1. The summed E-state index contributed by atoms with van der Waals surface area (Å²) in [5, 5.41) is 2.77. The molecule has 0 fully saturated rings. The van der Waals surface area contributed by atoms with E-state index >= 15 is 0 Å². The number of carbonyl (C=O) groups is 1. The number of amides is 1. The highest BCUT2D eigenvalue weighted by molar-refractivity contribution is 5.96. The van der Waals surface area contributed by atoms with Crippen molar-refractivity contribution in [1.82, 2.24) is 4.98 Å². The maximum Gasteiger partial charge on any atom is 0.241 e. The molecule has 1 aromatic heterocycles. The molecule has 0 saturated heterocycles. The van der Waals surface area contributed by atoms with Gasteiger partial charge in [-0.3, -0.25) is 4.79 Å². The molecule has 0 aliphatic rings. The first kappa shape index (κ1) is 12.4. The normalized spacial score (nSPS) is 12.0. The van der Waals surface area contributed by atoms with Crippen LogP contribution in [0.2, 0.25) is 0 Å². The van der Waals surface area contributed by atoms with Gasteiger partial charge in [0.1, 0.15) is 0 Å². The summed E-state index contributed by atoms with van der Waals surface area (Å²) in [6.07, 6.45) is 2.30. The molecule has 1 heterocycles. The Morgan fingerprint density at radius 1 is 1.62 bits per heavy atom. The minimum absolute atomic E-state index is 0.182. The van der Waals surface area contributed by atoms with E-state index in [0.717, 1.165) is 5.82 Å². The zero-order valence-corrected chi connectivity index (χ0v) is 9.90. The molecule has 5 nitrogen and oxygen atoms in total. The highest BCUT2D eigenvalue weighted by atomic mass is 16.2. The van der Waals surface area contributed by atoms with Gasteiger partial charge in [0, 0.05) is 20.3 Å². The Labute approximate surface area is 95.7 Å². The van der Waals surface area contributed by atoms with Crippen LogP contribution in [0.1, 0.15) is 13.3 Å². The van der Waals surface area contributed by atoms with E-state index in [-0.39, 0.29) is 5.91 Å².